The predicted octanol–water partition coefficient (Wildman–Crippen LogP) is 13.5. The highest BCUT2D eigenvalue weighted by atomic mass is 32.1. The van der Waals surface area contributed by atoms with E-state index in [1.807, 2.05) is 59.9 Å². The standard InChI is InChI=1S/C46H30N2O2S/c1-46(2)35-17-9-6-14-30(35)34-24-28(21-23-36(34)46)48(29-20-22-32-31-15-8-11-19-40(31)51-41(32)25-29)43-42-33-16-7-10-18-38(33)49-39(42)26-37-44(43)50-45(47-37)27-12-4-3-5-13-27/h3-26H,1-2H3. The van der Waals surface area contributed by atoms with E-state index in [-0.39, 0.29) is 5.41 Å². The fourth-order valence-electron chi connectivity index (χ4n) is 8.27. The van der Waals surface area contributed by atoms with Crippen LogP contribution >= 0.6 is 11.3 Å². The quantitative estimate of drug-likeness (QED) is 0.186. The molecule has 5 heteroatoms. The fourth-order valence-corrected chi connectivity index (χ4v) is 9.41. The SMILES string of the molecule is CC1(C)c2ccccc2-c2cc(N(c3ccc4c(c3)sc3ccccc34)c3c4oc(-c5ccccc5)nc4cc4oc5ccccc5c34)ccc21. The first kappa shape index (κ1) is 28.6. The average Bonchev–Trinajstić information content (AvgIpc) is 3.92. The van der Waals surface area contributed by atoms with Gasteiger partial charge in [-0.2, -0.15) is 0 Å². The van der Waals surface area contributed by atoms with Gasteiger partial charge in [0.1, 0.15) is 22.4 Å². The summed E-state index contributed by atoms with van der Waals surface area (Å²) in [4.78, 5) is 7.43. The molecule has 1 aliphatic rings. The Kier molecular flexibility index (Phi) is 5.85. The van der Waals surface area contributed by atoms with Gasteiger partial charge < -0.3 is 13.7 Å². The Labute approximate surface area is 297 Å². The zero-order chi connectivity index (χ0) is 33.8. The van der Waals surface area contributed by atoms with Gasteiger partial charge in [0.25, 0.3) is 0 Å². The van der Waals surface area contributed by atoms with E-state index < -0.39 is 0 Å². The van der Waals surface area contributed by atoms with E-state index in [9.17, 15) is 0 Å². The molecule has 0 fully saturated rings. The van der Waals surface area contributed by atoms with Crippen molar-refractivity contribution in [3.8, 4) is 22.6 Å². The molecular formula is C46H30N2O2S. The maximum absolute atomic E-state index is 6.86. The average molecular weight is 675 g/mol. The highest BCUT2D eigenvalue weighted by Gasteiger charge is 2.36. The number of hydrogen-bond donors (Lipinski definition) is 0. The van der Waals surface area contributed by atoms with Crippen LogP contribution < -0.4 is 4.90 Å². The van der Waals surface area contributed by atoms with Crippen molar-refractivity contribution in [2.75, 3.05) is 4.90 Å². The van der Waals surface area contributed by atoms with Crippen molar-refractivity contribution in [3.05, 3.63) is 157 Å². The van der Waals surface area contributed by atoms with Crippen molar-refractivity contribution in [2.24, 2.45) is 0 Å². The minimum absolute atomic E-state index is 0.102. The Bertz CT molecular complexity index is 3020. The first-order valence-electron chi connectivity index (χ1n) is 17.3. The third kappa shape index (κ3) is 4.10. The zero-order valence-electron chi connectivity index (χ0n) is 28.0. The Hall–Kier alpha value is -6.17. The maximum Gasteiger partial charge on any atom is 0.227 e. The smallest absolute Gasteiger partial charge is 0.227 e. The summed E-state index contributed by atoms with van der Waals surface area (Å²) in [5, 5.41) is 4.56. The molecule has 3 aromatic heterocycles. The Morgan fingerprint density at radius 3 is 2.18 bits per heavy atom. The summed E-state index contributed by atoms with van der Waals surface area (Å²) in [6, 6.07) is 51.7. The maximum atomic E-state index is 6.86. The van der Waals surface area contributed by atoms with Gasteiger partial charge in [-0.15, -0.1) is 11.3 Å². The number of hydrogen-bond acceptors (Lipinski definition) is 5. The second kappa shape index (κ2) is 10.4. The van der Waals surface area contributed by atoms with E-state index in [0.717, 1.165) is 50.1 Å². The molecule has 7 aromatic carbocycles. The molecule has 4 nitrogen and oxygen atoms in total. The third-order valence-electron chi connectivity index (χ3n) is 10.7. The van der Waals surface area contributed by atoms with E-state index in [1.54, 1.807) is 0 Å². The summed E-state index contributed by atoms with van der Waals surface area (Å²) in [7, 11) is 0. The fraction of sp³-hybridized carbons (Fsp3) is 0.0652. The molecule has 10 aromatic rings. The first-order chi connectivity index (χ1) is 25.0. The molecule has 0 bridgehead atoms. The van der Waals surface area contributed by atoms with E-state index in [1.165, 1.54) is 42.4 Å². The molecule has 0 unspecified atom stereocenters. The number of para-hydroxylation sites is 1. The lowest BCUT2D eigenvalue weighted by Crippen LogP contribution is -2.15. The highest BCUT2D eigenvalue weighted by molar-refractivity contribution is 7.25. The van der Waals surface area contributed by atoms with Crippen LogP contribution in [0.25, 0.3) is 75.8 Å². The number of nitrogens with zero attached hydrogens (tertiary/aromatic N) is 2. The molecular weight excluding hydrogens is 645 g/mol. The minimum Gasteiger partial charge on any atom is -0.456 e. The van der Waals surface area contributed by atoms with Crippen molar-refractivity contribution in [3.63, 3.8) is 0 Å². The second-order valence-corrected chi connectivity index (χ2v) is 15.0. The number of rotatable bonds is 4. The van der Waals surface area contributed by atoms with Crippen LogP contribution in [0.2, 0.25) is 0 Å². The molecule has 3 heterocycles. The molecule has 0 radical (unpaired) electrons. The van der Waals surface area contributed by atoms with Crippen LogP contribution in [0.4, 0.5) is 17.1 Å². The first-order valence-corrected chi connectivity index (χ1v) is 18.1. The molecule has 1 aliphatic carbocycles. The molecule has 0 amide bonds. The number of benzene rings is 7. The van der Waals surface area contributed by atoms with Crippen molar-refractivity contribution in [2.45, 2.75) is 19.3 Å². The van der Waals surface area contributed by atoms with Crippen LogP contribution in [0.3, 0.4) is 0 Å². The lowest BCUT2D eigenvalue weighted by Gasteiger charge is -2.27. The molecule has 51 heavy (non-hydrogen) atoms. The van der Waals surface area contributed by atoms with Crippen LogP contribution in [0.1, 0.15) is 25.0 Å². The predicted molar refractivity (Wildman–Crippen MR) is 212 cm³/mol. The van der Waals surface area contributed by atoms with Gasteiger partial charge in [-0.1, -0.05) is 105 Å². The number of aromatic nitrogens is 1. The van der Waals surface area contributed by atoms with E-state index in [2.05, 4.69) is 116 Å². The summed E-state index contributed by atoms with van der Waals surface area (Å²) < 4.78 is 16.0. The van der Waals surface area contributed by atoms with E-state index >= 15 is 0 Å². The van der Waals surface area contributed by atoms with Gasteiger partial charge in [0.05, 0.1) is 5.39 Å². The van der Waals surface area contributed by atoms with Crippen LogP contribution in [-0.2, 0) is 5.41 Å². The van der Waals surface area contributed by atoms with Gasteiger partial charge in [0.15, 0.2) is 5.58 Å². The summed E-state index contributed by atoms with van der Waals surface area (Å²) >= 11 is 1.83. The Morgan fingerprint density at radius 1 is 0.569 bits per heavy atom. The zero-order valence-corrected chi connectivity index (χ0v) is 28.8. The third-order valence-corrected chi connectivity index (χ3v) is 11.8. The Morgan fingerprint density at radius 2 is 1.27 bits per heavy atom. The van der Waals surface area contributed by atoms with Crippen molar-refractivity contribution in [1.29, 1.82) is 0 Å². The van der Waals surface area contributed by atoms with Gasteiger partial charge >= 0.3 is 0 Å². The van der Waals surface area contributed by atoms with Gasteiger partial charge in [-0.05, 0) is 70.8 Å². The van der Waals surface area contributed by atoms with Crippen molar-refractivity contribution < 1.29 is 8.83 Å². The van der Waals surface area contributed by atoms with Gasteiger partial charge in [-0.25, -0.2) is 4.98 Å². The Balaban J connectivity index is 1.26. The summed E-state index contributed by atoms with van der Waals surface area (Å²) in [5.41, 5.74) is 12.1. The van der Waals surface area contributed by atoms with Crippen LogP contribution in [0.15, 0.2) is 154 Å². The lowest BCUT2D eigenvalue weighted by atomic mass is 9.82. The largest absolute Gasteiger partial charge is 0.456 e. The van der Waals surface area contributed by atoms with Crippen LogP contribution in [0, 0.1) is 0 Å². The highest BCUT2D eigenvalue weighted by Crippen LogP contribution is 2.53. The van der Waals surface area contributed by atoms with Crippen LogP contribution in [-0.4, -0.2) is 4.98 Å². The van der Waals surface area contributed by atoms with Gasteiger partial charge in [-0.3, -0.25) is 0 Å². The molecule has 0 spiro atoms. The summed E-state index contributed by atoms with van der Waals surface area (Å²) in [5.74, 6) is 0.577. The molecule has 0 N–H and O–H groups in total. The topological polar surface area (TPSA) is 42.4 Å². The second-order valence-electron chi connectivity index (χ2n) is 13.9. The normalized spacial score (nSPS) is 13.5. The minimum atomic E-state index is -0.102. The van der Waals surface area contributed by atoms with Crippen LogP contribution in [0.5, 0.6) is 0 Å². The van der Waals surface area contributed by atoms with Gasteiger partial charge in [0.2, 0.25) is 5.89 Å². The molecule has 0 aliphatic heterocycles. The molecule has 0 atom stereocenters. The molecule has 0 saturated heterocycles. The van der Waals surface area contributed by atoms with E-state index in [0.29, 0.717) is 11.5 Å². The number of furan rings is 1. The number of oxazole rings is 1. The lowest BCUT2D eigenvalue weighted by molar-refractivity contribution is 0.620. The molecule has 242 valence electrons. The molecule has 0 saturated carbocycles. The number of anilines is 3. The summed E-state index contributed by atoms with van der Waals surface area (Å²) in [6.07, 6.45) is 0. The molecule has 11 rings (SSSR count). The van der Waals surface area contributed by atoms with Crippen molar-refractivity contribution >= 4 is 81.6 Å². The number of fused-ring (bicyclic) bond motifs is 10. The van der Waals surface area contributed by atoms with Crippen molar-refractivity contribution in [1.82, 2.24) is 4.98 Å². The summed E-state index contributed by atoms with van der Waals surface area (Å²) in [6.45, 7) is 4.65. The monoisotopic (exact) mass is 674 g/mol. The van der Waals surface area contributed by atoms with E-state index in [4.69, 9.17) is 13.8 Å². The van der Waals surface area contributed by atoms with Gasteiger partial charge in [0, 0.05) is 54.0 Å². The number of thiophene rings is 1.